The second-order valence-corrected chi connectivity index (χ2v) is 6.21. The van der Waals surface area contributed by atoms with Gasteiger partial charge in [-0.2, -0.15) is 0 Å². The largest absolute Gasteiger partial charge is 0.481 e. The summed E-state index contributed by atoms with van der Waals surface area (Å²) in [6.45, 7) is 2.35. The minimum Gasteiger partial charge on any atom is -0.481 e. The van der Waals surface area contributed by atoms with Gasteiger partial charge in [0, 0.05) is 18.5 Å². The number of hydrogen-bond donors (Lipinski definition) is 2. The van der Waals surface area contributed by atoms with E-state index in [9.17, 15) is 9.59 Å². The number of amides is 2. The van der Waals surface area contributed by atoms with Crippen LogP contribution < -0.4 is 5.32 Å². The molecule has 20 heavy (non-hydrogen) atoms. The van der Waals surface area contributed by atoms with Gasteiger partial charge >= 0.3 is 12.0 Å². The van der Waals surface area contributed by atoms with E-state index in [1.807, 2.05) is 12.3 Å². The third kappa shape index (κ3) is 3.47. The lowest BCUT2D eigenvalue weighted by Gasteiger charge is -2.22. The number of nitrogens with one attached hydrogen (secondary N) is 1. The van der Waals surface area contributed by atoms with Crippen LogP contribution in [0.15, 0.2) is 5.38 Å². The van der Waals surface area contributed by atoms with Gasteiger partial charge < -0.3 is 15.3 Å². The van der Waals surface area contributed by atoms with Crippen molar-refractivity contribution >= 4 is 23.3 Å². The van der Waals surface area contributed by atoms with E-state index in [0.29, 0.717) is 13.0 Å². The fraction of sp³-hybridized carbons (Fsp3) is 0.615. The lowest BCUT2D eigenvalue weighted by Crippen LogP contribution is -2.45. The molecule has 2 rings (SSSR count). The summed E-state index contributed by atoms with van der Waals surface area (Å²) < 4.78 is 0. The van der Waals surface area contributed by atoms with Gasteiger partial charge in [0.2, 0.25) is 0 Å². The number of rotatable bonds is 4. The van der Waals surface area contributed by atoms with Gasteiger partial charge in [-0.1, -0.05) is 6.42 Å². The molecule has 0 saturated heterocycles. The Balaban J connectivity index is 1.89. The fourth-order valence-electron chi connectivity index (χ4n) is 2.49. The quantitative estimate of drug-likeness (QED) is 0.888. The molecule has 2 amide bonds. The lowest BCUT2D eigenvalue weighted by molar-refractivity contribution is -0.142. The van der Waals surface area contributed by atoms with Gasteiger partial charge in [0.1, 0.15) is 0 Å². The molecule has 7 heteroatoms. The molecule has 1 aliphatic rings. The van der Waals surface area contributed by atoms with Gasteiger partial charge in [0.05, 0.1) is 23.2 Å². The summed E-state index contributed by atoms with van der Waals surface area (Å²) in [5.41, 5.74) is 0.853. The van der Waals surface area contributed by atoms with Crippen LogP contribution in [0.2, 0.25) is 0 Å². The van der Waals surface area contributed by atoms with E-state index in [1.165, 1.54) is 4.90 Å². The number of carboxylic acid groups (broad SMARTS) is 1. The average molecular weight is 297 g/mol. The van der Waals surface area contributed by atoms with E-state index in [2.05, 4.69) is 10.3 Å². The summed E-state index contributed by atoms with van der Waals surface area (Å²) in [7, 11) is 1.69. The number of aliphatic carboxylic acids is 1. The zero-order valence-corrected chi connectivity index (χ0v) is 12.4. The predicted octanol–water partition coefficient (Wildman–Crippen LogP) is 1.85. The monoisotopic (exact) mass is 297 g/mol. The topological polar surface area (TPSA) is 82.5 Å². The first kappa shape index (κ1) is 14.8. The second-order valence-electron chi connectivity index (χ2n) is 5.15. The summed E-state index contributed by atoms with van der Waals surface area (Å²) in [4.78, 5) is 29.0. The molecule has 0 radical (unpaired) electrons. The highest BCUT2D eigenvalue weighted by Gasteiger charge is 2.34. The molecule has 0 bridgehead atoms. The third-order valence-corrected chi connectivity index (χ3v) is 4.38. The Morgan fingerprint density at radius 3 is 2.90 bits per heavy atom. The van der Waals surface area contributed by atoms with Crippen molar-refractivity contribution in [2.45, 2.75) is 38.8 Å². The van der Waals surface area contributed by atoms with Crippen molar-refractivity contribution in [3.05, 3.63) is 16.1 Å². The zero-order valence-electron chi connectivity index (χ0n) is 11.6. The Morgan fingerprint density at radius 2 is 2.30 bits per heavy atom. The van der Waals surface area contributed by atoms with Gasteiger partial charge in [0.25, 0.3) is 0 Å². The van der Waals surface area contributed by atoms with Crippen molar-refractivity contribution in [1.82, 2.24) is 15.2 Å². The van der Waals surface area contributed by atoms with Crippen LogP contribution in [0.1, 0.15) is 30.0 Å². The normalized spacial score (nSPS) is 21.7. The van der Waals surface area contributed by atoms with E-state index in [-0.39, 0.29) is 12.1 Å². The standard InChI is InChI=1S/C13H19N3O3S/c1-8-14-9(7-20-8)6-16(2)13(19)15-11-5-3-4-10(11)12(17)18/h7,10-11H,3-6H2,1-2H3,(H,15,19)(H,17,18). The first-order valence-corrected chi connectivity index (χ1v) is 7.51. The van der Waals surface area contributed by atoms with Crippen LogP contribution >= 0.6 is 11.3 Å². The smallest absolute Gasteiger partial charge is 0.317 e. The van der Waals surface area contributed by atoms with Crippen LogP contribution in [0.25, 0.3) is 0 Å². The van der Waals surface area contributed by atoms with Crippen LogP contribution in [0, 0.1) is 12.8 Å². The molecule has 1 saturated carbocycles. The Labute approximate surface area is 121 Å². The Morgan fingerprint density at radius 1 is 1.55 bits per heavy atom. The van der Waals surface area contributed by atoms with E-state index < -0.39 is 11.9 Å². The maximum absolute atomic E-state index is 12.1. The molecule has 1 fully saturated rings. The van der Waals surface area contributed by atoms with Gasteiger partial charge in [-0.25, -0.2) is 9.78 Å². The molecule has 1 aromatic heterocycles. The van der Waals surface area contributed by atoms with Crippen LogP contribution in [0.5, 0.6) is 0 Å². The first-order valence-electron chi connectivity index (χ1n) is 6.63. The SMILES string of the molecule is Cc1nc(CN(C)C(=O)NC2CCCC2C(=O)O)cs1. The van der Waals surface area contributed by atoms with Crippen molar-refractivity contribution in [2.24, 2.45) is 5.92 Å². The minimum absolute atomic E-state index is 0.242. The number of carbonyl (C=O) groups is 2. The predicted molar refractivity (Wildman–Crippen MR) is 75.6 cm³/mol. The molecule has 1 aromatic rings. The Hall–Kier alpha value is -1.63. The molecule has 1 aliphatic carbocycles. The highest BCUT2D eigenvalue weighted by atomic mass is 32.1. The molecule has 2 atom stereocenters. The van der Waals surface area contributed by atoms with Crippen molar-refractivity contribution < 1.29 is 14.7 Å². The van der Waals surface area contributed by atoms with Crippen LogP contribution in [-0.4, -0.2) is 40.1 Å². The molecule has 1 heterocycles. The number of hydrogen-bond acceptors (Lipinski definition) is 4. The van der Waals surface area contributed by atoms with Gasteiger partial charge in [-0.05, 0) is 19.8 Å². The van der Waals surface area contributed by atoms with E-state index in [1.54, 1.807) is 18.4 Å². The second kappa shape index (κ2) is 6.21. The summed E-state index contributed by atoms with van der Waals surface area (Å²) in [6.07, 6.45) is 2.21. The number of urea groups is 1. The van der Waals surface area contributed by atoms with E-state index >= 15 is 0 Å². The summed E-state index contributed by atoms with van der Waals surface area (Å²) in [5.74, 6) is -1.29. The summed E-state index contributed by atoms with van der Waals surface area (Å²) in [6, 6.07) is -0.506. The van der Waals surface area contributed by atoms with Crippen LogP contribution in [0.4, 0.5) is 4.79 Å². The number of nitrogens with zero attached hydrogens (tertiary/aromatic N) is 2. The molecule has 2 unspecified atom stereocenters. The van der Waals surface area contributed by atoms with Crippen LogP contribution in [0.3, 0.4) is 0 Å². The maximum atomic E-state index is 12.1. The molecule has 0 spiro atoms. The van der Waals surface area contributed by atoms with Crippen molar-refractivity contribution in [3.8, 4) is 0 Å². The lowest BCUT2D eigenvalue weighted by atomic mass is 10.0. The highest BCUT2D eigenvalue weighted by Crippen LogP contribution is 2.26. The first-order chi connectivity index (χ1) is 9.47. The highest BCUT2D eigenvalue weighted by molar-refractivity contribution is 7.09. The number of thiazole rings is 1. The Bertz CT molecular complexity index is 503. The summed E-state index contributed by atoms with van der Waals surface area (Å²) >= 11 is 1.55. The van der Waals surface area contributed by atoms with E-state index in [0.717, 1.165) is 23.5 Å². The molecule has 110 valence electrons. The Kier molecular flexibility index (Phi) is 4.59. The number of carbonyl (C=O) groups excluding carboxylic acids is 1. The third-order valence-electron chi connectivity index (χ3n) is 3.55. The minimum atomic E-state index is -0.828. The molecule has 2 N–H and O–H groups in total. The van der Waals surface area contributed by atoms with Crippen molar-refractivity contribution in [2.75, 3.05) is 7.05 Å². The van der Waals surface area contributed by atoms with Crippen LogP contribution in [-0.2, 0) is 11.3 Å². The maximum Gasteiger partial charge on any atom is 0.317 e. The van der Waals surface area contributed by atoms with Gasteiger partial charge in [-0.3, -0.25) is 4.79 Å². The van der Waals surface area contributed by atoms with Crippen molar-refractivity contribution in [1.29, 1.82) is 0 Å². The van der Waals surface area contributed by atoms with Crippen molar-refractivity contribution in [3.63, 3.8) is 0 Å². The molecule has 0 aromatic carbocycles. The van der Waals surface area contributed by atoms with E-state index in [4.69, 9.17) is 5.11 Å². The zero-order chi connectivity index (χ0) is 14.7. The number of aromatic nitrogens is 1. The molecule has 6 nitrogen and oxygen atoms in total. The van der Waals surface area contributed by atoms with Gasteiger partial charge in [0.15, 0.2) is 0 Å². The van der Waals surface area contributed by atoms with Gasteiger partial charge in [-0.15, -0.1) is 11.3 Å². The summed E-state index contributed by atoms with van der Waals surface area (Å²) in [5, 5.41) is 14.8. The molecular weight excluding hydrogens is 278 g/mol. The molecule has 0 aliphatic heterocycles. The molecular formula is C13H19N3O3S. The average Bonchev–Trinajstić information content (AvgIpc) is 2.98. The number of carboxylic acids is 1. The fourth-order valence-corrected chi connectivity index (χ4v) is 3.10. The number of aryl methyl sites for hydroxylation is 1.